The molecular formula is C11H11FN2O. The minimum absolute atomic E-state index is 0.000882. The number of nitriles is 1. The standard InChI is InChI=1S/C11H11FN2O/c1-3-8-4-9(6-13)10(12)5-11(8)14-7(2)15/h4-5H,3H2,1-2H3,(H,14,15). The zero-order valence-corrected chi connectivity index (χ0v) is 8.60. The topological polar surface area (TPSA) is 52.9 Å². The first-order valence-corrected chi connectivity index (χ1v) is 4.58. The minimum Gasteiger partial charge on any atom is -0.326 e. The van der Waals surface area contributed by atoms with Crippen molar-refractivity contribution in [2.75, 3.05) is 5.32 Å². The monoisotopic (exact) mass is 206 g/mol. The van der Waals surface area contributed by atoms with E-state index in [1.807, 2.05) is 6.92 Å². The Balaban J connectivity index is 3.22. The lowest BCUT2D eigenvalue weighted by Crippen LogP contribution is -2.08. The molecule has 0 bridgehead atoms. The van der Waals surface area contributed by atoms with Gasteiger partial charge in [-0.05, 0) is 24.1 Å². The molecule has 0 aliphatic carbocycles. The molecule has 1 aromatic carbocycles. The van der Waals surface area contributed by atoms with Gasteiger partial charge in [0.15, 0.2) is 0 Å². The van der Waals surface area contributed by atoms with Crippen LogP contribution < -0.4 is 5.32 Å². The van der Waals surface area contributed by atoms with Gasteiger partial charge in [-0.15, -0.1) is 0 Å². The summed E-state index contributed by atoms with van der Waals surface area (Å²) in [6.07, 6.45) is 0.630. The maximum atomic E-state index is 13.2. The highest BCUT2D eigenvalue weighted by molar-refractivity contribution is 5.89. The number of amides is 1. The van der Waals surface area contributed by atoms with Gasteiger partial charge in [-0.1, -0.05) is 6.92 Å². The molecule has 0 heterocycles. The molecular weight excluding hydrogens is 195 g/mol. The second-order valence-electron chi connectivity index (χ2n) is 3.14. The predicted molar refractivity (Wildman–Crippen MR) is 54.8 cm³/mol. The molecule has 0 spiro atoms. The first kappa shape index (κ1) is 11.2. The Morgan fingerprint density at radius 2 is 2.27 bits per heavy atom. The van der Waals surface area contributed by atoms with Crippen molar-refractivity contribution in [1.29, 1.82) is 5.26 Å². The van der Waals surface area contributed by atoms with Gasteiger partial charge < -0.3 is 5.32 Å². The van der Waals surface area contributed by atoms with Gasteiger partial charge >= 0.3 is 0 Å². The molecule has 1 N–H and O–H groups in total. The molecule has 1 amide bonds. The Morgan fingerprint density at radius 3 is 2.73 bits per heavy atom. The summed E-state index contributed by atoms with van der Waals surface area (Å²) in [4.78, 5) is 10.8. The summed E-state index contributed by atoms with van der Waals surface area (Å²) in [6, 6.07) is 4.40. The molecule has 0 aliphatic heterocycles. The smallest absolute Gasteiger partial charge is 0.221 e. The number of halogens is 1. The molecule has 1 rings (SSSR count). The molecule has 3 nitrogen and oxygen atoms in total. The average Bonchev–Trinajstić information content (AvgIpc) is 2.17. The van der Waals surface area contributed by atoms with Crippen molar-refractivity contribution < 1.29 is 9.18 Å². The Labute approximate surface area is 87.5 Å². The molecule has 0 fully saturated rings. The summed E-state index contributed by atoms with van der Waals surface area (Å²) in [5.74, 6) is -0.868. The highest BCUT2D eigenvalue weighted by Gasteiger charge is 2.09. The third-order valence-corrected chi connectivity index (χ3v) is 2.00. The van der Waals surface area contributed by atoms with Crippen LogP contribution in [-0.4, -0.2) is 5.91 Å². The van der Waals surface area contributed by atoms with E-state index in [1.165, 1.54) is 19.1 Å². The van der Waals surface area contributed by atoms with Crippen molar-refractivity contribution in [3.05, 3.63) is 29.1 Å². The fourth-order valence-corrected chi connectivity index (χ4v) is 1.30. The number of hydrogen-bond acceptors (Lipinski definition) is 2. The summed E-state index contributed by atoms with van der Waals surface area (Å²) in [5, 5.41) is 11.2. The van der Waals surface area contributed by atoms with E-state index in [0.29, 0.717) is 12.1 Å². The number of carbonyl (C=O) groups excluding carboxylic acids is 1. The summed E-state index contributed by atoms with van der Waals surface area (Å²) in [6.45, 7) is 3.23. The molecule has 0 aliphatic rings. The summed E-state index contributed by atoms with van der Waals surface area (Å²) in [7, 11) is 0. The number of hydrogen-bond donors (Lipinski definition) is 1. The van der Waals surface area contributed by atoms with E-state index < -0.39 is 5.82 Å². The van der Waals surface area contributed by atoms with Crippen molar-refractivity contribution in [3.63, 3.8) is 0 Å². The molecule has 0 saturated carbocycles. The molecule has 0 aromatic heterocycles. The van der Waals surface area contributed by atoms with Crippen molar-refractivity contribution >= 4 is 11.6 Å². The highest BCUT2D eigenvalue weighted by atomic mass is 19.1. The van der Waals surface area contributed by atoms with E-state index in [-0.39, 0.29) is 11.5 Å². The molecule has 1 aromatic rings. The van der Waals surface area contributed by atoms with Gasteiger partial charge in [-0.2, -0.15) is 5.26 Å². The quantitative estimate of drug-likeness (QED) is 0.806. The molecule has 0 saturated heterocycles. The third-order valence-electron chi connectivity index (χ3n) is 2.00. The number of rotatable bonds is 2. The van der Waals surface area contributed by atoms with E-state index in [2.05, 4.69) is 5.32 Å². The van der Waals surface area contributed by atoms with Gasteiger partial charge in [0.1, 0.15) is 11.9 Å². The Bertz CT molecular complexity index is 435. The Morgan fingerprint density at radius 1 is 1.60 bits per heavy atom. The first-order valence-electron chi connectivity index (χ1n) is 4.58. The van der Waals surface area contributed by atoms with Gasteiger partial charge in [-0.25, -0.2) is 4.39 Å². The predicted octanol–water partition coefficient (Wildman–Crippen LogP) is 2.22. The number of aryl methyl sites for hydroxylation is 1. The van der Waals surface area contributed by atoms with Crippen LogP contribution in [0.15, 0.2) is 12.1 Å². The average molecular weight is 206 g/mol. The molecule has 0 radical (unpaired) electrons. The van der Waals surface area contributed by atoms with Crippen LogP contribution >= 0.6 is 0 Å². The number of nitrogens with zero attached hydrogens (tertiary/aromatic N) is 1. The summed E-state index contributed by atoms with van der Waals surface area (Å²) >= 11 is 0. The van der Waals surface area contributed by atoms with Crippen LogP contribution in [0.25, 0.3) is 0 Å². The van der Waals surface area contributed by atoms with E-state index >= 15 is 0 Å². The second kappa shape index (κ2) is 4.56. The normalized spacial score (nSPS) is 9.47. The van der Waals surface area contributed by atoms with E-state index in [1.54, 1.807) is 6.07 Å². The third kappa shape index (κ3) is 2.53. The Hall–Kier alpha value is -1.89. The minimum atomic E-state index is -0.613. The molecule has 15 heavy (non-hydrogen) atoms. The maximum Gasteiger partial charge on any atom is 0.221 e. The number of anilines is 1. The zero-order chi connectivity index (χ0) is 11.4. The van der Waals surface area contributed by atoms with Gasteiger partial charge in [0.25, 0.3) is 0 Å². The number of carbonyl (C=O) groups is 1. The van der Waals surface area contributed by atoms with Gasteiger partial charge in [0, 0.05) is 12.6 Å². The first-order chi connectivity index (χ1) is 7.08. The maximum absolute atomic E-state index is 13.2. The lowest BCUT2D eigenvalue weighted by atomic mass is 10.1. The number of nitrogens with one attached hydrogen (secondary N) is 1. The van der Waals surface area contributed by atoms with Crippen molar-refractivity contribution in [2.45, 2.75) is 20.3 Å². The lowest BCUT2D eigenvalue weighted by molar-refractivity contribution is -0.114. The van der Waals surface area contributed by atoms with Crippen LogP contribution in [0.4, 0.5) is 10.1 Å². The van der Waals surface area contributed by atoms with Crippen LogP contribution in [0.2, 0.25) is 0 Å². The fraction of sp³-hybridized carbons (Fsp3) is 0.273. The van der Waals surface area contributed by atoms with E-state index in [0.717, 1.165) is 5.56 Å². The molecule has 78 valence electrons. The largest absolute Gasteiger partial charge is 0.326 e. The SMILES string of the molecule is CCc1cc(C#N)c(F)cc1NC(C)=O. The van der Waals surface area contributed by atoms with Crippen LogP contribution in [0.3, 0.4) is 0 Å². The summed E-state index contributed by atoms with van der Waals surface area (Å²) < 4.78 is 13.2. The van der Waals surface area contributed by atoms with Crippen LogP contribution in [-0.2, 0) is 11.2 Å². The molecule has 0 atom stereocenters. The number of benzene rings is 1. The summed E-state index contributed by atoms with van der Waals surface area (Å²) in [5.41, 5.74) is 1.19. The van der Waals surface area contributed by atoms with Gasteiger partial charge in [-0.3, -0.25) is 4.79 Å². The van der Waals surface area contributed by atoms with Gasteiger partial charge in [0.05, 0.1) is 5.56 Å². The fourth-order valence-electron chi connectivity index (χ4n) is 1.30. The van der Waals surface area contributed by atoms with E-state index in [4.69, 9.17) is 5.26 Å². The van der Waals surface area contributed by atoms with Crippen LogP contribution in [0.1, 0.15) is 25.0 Å². The second-order valence-corrected chi connectivity index (χ2v) is 3.14. The lowest BCUT2D eigenvalue weighted by Gasteiger charge is -2.09. The van der Waals surface area contributed by atoms with Gasteiger partial charge in [0.2, 0.25) is 5.91 Å². The highest BCUT2D eigenvalue weighted by Crippen LogP contribution is 2.21. The van der Waals surface area contributed by atoms with Crippen molar-refractivity contribution in [1.82, 2.24) is 0 Å². The Kier molecular flexibility index (Phi) is 3.40. The van der Waals surface area contributed by atoms with E-state index in [9.17, 15) is 9.18 Å². The van der Waals surface area contributed by atoms with Crippen LogP contribution in [0, 0.1) is 17.1 Å². The van der Waals surface area contributed by atoms with Crippen LogP contribution in [0.5, 0.6) is 0 Å². The zero-order valence-electron chi connectivity index (χ0n) is 8.60. The molecule has 0 unspecified atom stereocenters. The van der Waals surface area contributed by atoms with Crippen molar-refractivity contribution in [2.24, 2.45) is 0 Å². The molecule has 4 heteroatoms. The van der Waals surface area contributed by atoms with Crippen molar-refractivity contribution in [3.8, 4) is 6.07 Å².